The standard InChI is InChI=1S/C29H30N2O7/c1-29(2,3)38-27(34)30-14-18(15-30)31(16-19-12-13-25(37-19)26(32)33)28(35)36-17-24-22-10-6-4-8-20(22)21-9-5-7-11-23(21)24/h4-13,18,24H,14-17H2,1-3H3,(H,32,33). The van der Waals surface area contributed by atoms with Crippen LogP contribution < -0.4 is 0 Å². The van der Waals surface area contributed by atoms with Crippen LogP contribution in [0.4, 0.5) is 9.59 Å². The molecule has 2 aliphatic rings. The van der Waals surface area contributed by atoms with Gasteiger partial charge in [-0.2, -0.15) is 0 Å². The molecule has 38 heavy (non-hydrogen) atoms. The Balaban J connectivity index is 1.31. The highest BCUT2D eigenvalue weighted by Crippen LogP contribution is 2.44. The molecule has 1 fully saturated rings. The van der Waals surface area contributed by atoms with Crippen LogP contribution in [0.5, 0.6) is 0 Å². The monoisotopic (exact) mass is 518 g/mol. The molecular formula is C29H30N2O7. The number of fused-ring (bicyclic) bond motifs is 3. The number of aromatic carboxylic acids is 1. The fourth-order valence-corrected chi connectivity index (χ4v) is 4.89. The predicted molar refractivity (Wildman–Crippen MR) is 138 cm³/mol. The number of likely N-dealkylation sites (tertiary alicyclic amines) is 1. The summed E-state index contributed by atoms with van der Waals surface area (Å²) < 4.78 is 16.7. The van der Waals surface area contributed by atoms with Crippen molar-refractivity contribution < 1.29 is 33.4 Å². The minimum Gasteiger partial charge on any atom is -0.475 e. The van der Waals surface area contributed by atoms with Crippen LogP contribution in [-0.4, -0.2) is 64.4 Å². The quantitative estimate of drug-likeness (QED) is 0.469. The van der Waals surface area contributed by atoms with Crippen LogP contribution in [0, 0.1) is 0 Å². The number of carboxylic acid groups (broad SMARTS) is 1. The Labute approximate surface area is 220 Å². The van der Waals surface area contributed by atoms with Crippen LogP contribution >= 0.6 is 0 Å². The lowest BCUT2D eigenvalue weighted by Gasteiger charge is -2.44. The molecule has 0 atom stereocenters. The van der Waals surface area contributed by atoms with Gasteiger partial charge in [0, 0.05) is 19.0 Å². The first-order chi connectivity index (χ1) is 18.1. The number of hydrogen-bond donors (Lipinski definition) is 1. The van der Waals surface area contributed by atoms with Gasteiger partial charge < -0.3 is 23.9 Å². The summed E-state index contributed by atoms with van der Waals surface area (Å²) in [7, 11) is 0. The van der Waals surface area contributed by atoms with E-state index in [9.17, 15) is 19.5 Å². The molecule has 2 amide bonds. The number of furan rings is 1. The lowest BCUT2D eigenvalue weighted by atomic mass is 9.98. The molecule has 5 rings (SSSR count). The number of ether oxygens (including phenoxy) is 2. The van der Waals surface area contributed by atoms with Crippen LogP contribution in [0.1, 0.15) is 54.1 Å². The summed E-state index contributed by atoms with van der Waals surface area (Å²) in [4.78, 5) is 40.1. The van der Waals surface area contributed by atoms with Gasteiger partial charge in [-0.25, -0.2) is 14.4 Å². The molecule has 9 nitrogen and oxygen atoms in total. The first-order valence-electron chi connectivity index (χ1n) is 12.5. The van der Waals surface area contributed by atoms with Crippen LogP contribution in [0.25, 0.3) is 11.1 Å². The van der Waals surface area contributed by atoms with Gasteiger partial charge in [0.25, 0.3) is 0 Å². The van der Waals surface area contributed by atoms with E-state index >= 15 is 0 Å². The lowest BCUT2D eigenvalue weighted by molar-refractivity contribution is -0.0187. The van der Waals surface area contributed by atoms with E-state index in [-0.39, 0.29) is 44.0 Å². The number of rotatable bonds is 6. The van der Waals surface area contributed by atoms with Crippen LogP contribution in [0.3, 0.4) is 0 Å². The van der Waals surface area contributed by atoms with Gasteiger partial charge in [-0.05, 0) is 55.2 Å². The number of carboxylic acids is 1. The minimum absolute atomic E-state index is 0.0107. The van der Waals surface area contributed by atoms with Gasteiger partial charge >= 0.3 is 18.2 Å². The summed E-state index contributed by atoms with van der Waals surface area (Å²) in [6.45, 7) is 6.07. The Morgan fingerprint density at radius 2 is 1.58 bits per heavy atom. The molecule has 1 saturated heterocycles. The van der Waals surface area contributed by atoms with Crippen LogP contribution in [0.2, 0.25) is 0 Å². The minimum atomic E-state index is -1.19. The molecule has 1 N–H and O–H groups in total. The van der Waals surface area contributed by atoms with Crippen molar-refractivity contribution in [2.24, 2.45) is 0 Å². The maximum absolute atomic E-state index is 13.4. The fraction of sp³-hybridized carbons (Fsp3) is 0.345. The number of hydrogen-bond acceptors (Lipinski definition) is 6. The SMILES string of the molecule is CC(C)(C)OC(=O)N1CC(N(Cc2ccc(C(=O)O)o2)C(=O)OCC2c3ccccc3-c3ccccc32)C1. The van der Waals surface area contributed by atoms with Gasteiger partial charge in [0.2, 0.25) is 5.76 Å². The molecule has 198 valence electrons. The zero-order chi connectivity index (χ0) is 27.0. The van der Waals surface area contributed by atoms with Gasteiger partial charge in [0.1, 0.15) is 18.0 Å². The molecule has 0 bridgehead atoms. The summed E-state index contributed by atoms with van der Waals surface area (Å²) in [6, 6.07) is 18.7. The second kappa shape index (κ2) is 9.89. The topological polar surface area (TPSA) is 110 Å². The predicted octanol–water partition coefficient (Wildman–Crippen LogP) is 5.35. The molecule has 1 aliphatic heterocycles. The summed E-state index contributed by atoms with van der Waals surface area (Å²) in [5, 5.41) is 9.21. The molecular weight excluding hydrogens is 488 g/mol. The van der Waals surface area contributed by atoms with Gasteiger partial charge in [0.05, 0.1) is 12.6 Å². The zero-order valence-corrected chi connectivity index (χ0v) is 21.5. The van der Waals surface area contributed by atoms with Crippen molar-refractivity contribution in [2.45, 2.75) is 44.9 Å². The molecule has 0 saturated carbocycles. The Morgan fingerprint density at radius 1 is 0.974 bits per heavy atom. The van der Waals surface area contributed by atoms with Crippen molar-refractivity contribution in [1.29, 1.82) is 0 Å². The largest absolute Gasteiger partial charge is 0.475 e. The highest BCUT2D eigenvalue weighted by atomic mass is 16.6. The normalized spacial score (nSPS) is 14.9. The zero-order valence-electron chi connectivity index (χ0n) is 21.5. The van der Waals surface area contributed by atoms with E-state index in [4.69, 9.17) is 13.9 Å². The smallest absolute Gasteiger partial charge is 0.410 e. The Morgan fingerprint density at radius 3 is 2.13 bits per heavy atom. The third kappa shape index (κ3) is 5.09. The van der Waals surface area contributed by atoms with E-state index in [1.165, 1.54) is 21.9 Å². The first kappa shape index (κ1) is 25.4. The second-order valence-electron chi connectivity index (χ2n) is 10.5. The Bertz CT molecular complexity index is 1320. The highest BCUT2D eigenvalue weighted by molar-refractivity contribution is 5.84. The average molecular weight is 519 g/mol. The van der Waals surface area contributed by atoms with Crippen molar-refractivity contribution in [1.82, 2.24) is 9.80 Å². The number of nitrogens with zero attached hydrogens (tertiary/aromatic N) is 2. The van der Waals surface area contributed by atoms with Gasteiger partial charge in [-0.3, -0.25) is 4.90 Å². The summed E-state index contributed by atoms with van der Waals surface area (Å²) >= 11 is 0. The maximum Gasteiger partial charge on any atom is 0.410 e. The van der Waals surface area contributed by atoms with Crippen molar-refractivity contribution in [2.75, 3.05) is 19.7 Å². The number of carbonyl (C=O) groups is 3. The molecule has 3 aromatic rings. The summed E-state index contributed by atoms with van der Waals surface area (Å²) in [6.07, 6.45) is -1.01. The fourth-order valence-electron chi connectivity index (χ4n) is 4.89. The van der Waals surface area contributed by atoms with E-state index in [0.29, 0.717) is 5.76 Å². The molecule has 0 unspecified atom stereocenters. The highest BCUT2D eigenvalue weighted by Gasteiger charge is 2.40. The van der Waals surface area contributed by atoms with Crippen molar-refractivity contribution in [3.05, 3.63) is 83.3 Å². The van der Waals surface area contributed by atoms with E-state index < -0.39 is 23.8 Å². The van der Waals surface area contributed by atoms with E-state index in [2.05, 4.69) is 12.1 Å². The van der Waals surface area contributed by atoms with Crippen LogP contribution in [0.15, 0.2) is 65.1 Å². The van der Waals surface area contributed by atoms with E-state index in [0.717, 1.165) is 22.3 Å². The molecule has 0 radical (unpaired) electrons. The molecule has 1 aliphatic carbocycles. The third-order valence-electron chi connectivity index (χ3n) is 6.72. The van der Waals surface area contributed by atoms with Gasteiger partial charge in [-0.1, -0.05) is 48.5 Å². The van der Waals surface area contributed by atoms with Gasteiger partial charge in [-0.15, -0.1) is 0 Å². The first-order valence-corrected chi connectivity index (χ1v) is 12.5. The number of carbonyl (C=O) groups excluding carboxylic acids is 2. The van der Waals surface area contributed by atoms with Crippen molar-refractivity contribution >= 4 is 18.2 Å². The Kier molecular flexibility index (Phi) is 6.60. The second-order valence-corrected chi connectivity index (χ2v) is 10.5. The van der Waals surface area contributed by atoms with E-state index in [1.54, 1.807) is 20.8 Å². The van der Waals surface area contributed by atoms with Crippen molar-refractivity contribution in [3.8, 4) is 11.1 Å². The number of amides is 2. The summed E-state index contributed by atoms with van der Waals surface area (Å²) in [5.41, 5.74) is 3.83. The lowest BCUT2D eigenvalue weighted by Crippen LogP contribution is -2.62. The number of benzene rings is 2. The molecule has 0 spiro atoms. The molecule has 2 aromatic carbocycles. The van der Waals surface area contributed by atoms with Crippen molar-refractivity contribution in [3.63, 3.8) is 0 Å². The Hall–Kier alpha value is -4.27. The third-order valence-corrected chi connectivity index (χ3v) is 6.72. The van der Waals surface area contributed by atoms with Gasteiger partial charge in [0.15, 0.2) is 0 Å². The molecule has 2 heterocycles. The van der Waals surface area contributed by atoms with E-state index in [1.807, 2.05) is 36.4 Å². The molecule has 9 heteroatoms. The molecule has 1 aromatic heterocycles. The average Bonchev–Trinajstić information content (AvgIpc) is 3.43. The summed E-state index contributed by atoms with van der Waals surface area (Å²) in [5.74, 6) is -1.19. The maximum atomic E-state index is 13.4. The van der Waals surface area contributed by atoms with Crippen LogP contribution in [-0.2, 0) is 16.0 Å².